The Morgan fingerprint density at radius 1 is 1.28 bits per heavy atom. The van der Waals surface area contributed by atoms with Gasteiger partial charge in [-0.05, 0) is 49.4 Å². The molecule has 0 aromatic carbocycles. The molecule has 138 valence electrons. The monoisotopic (exact) mass is 344 g/mol. The number of amides is 2. The Balaban J connectivity index is 1.56. The van der Waals surface area contributed by atoms with Gasteiger partial charge in [0.05, 0.1) is 6.04 Å². The summed E-state index contributed by atoms with van der Waals surface area (Å²) in [6, 6.07) is 4.62. The topological polar surface area (TPSA) is 48.5 Å². The fourth-order valence-electron chi connectivity index (χ4n) is 3.82. The highest BCUT2D eigenvalue weighted by Gasteiger charge is 2.36. The Bertz CT molecular complexity index is 557. The van der Waals surface area contributed by atoms with Gasteiger partial charge in [0, 0.05) is 31.5 Å². The first-order valence-electron chi connectivity index (χ1n) is 9.62. The Hall–Kier alpha value is -1.62. The van der Waals surface area contributed by atoms with E-state index in [2.05, 4.69) is 42.0 Å². The van der Waals surface area contributed by atoms with Crippen LogP contribution in [0.5, 0.6) is 0 Å². The van der Waals surface area contributed by atoms with Gasteiger partial charge in [-0.25, -0.2) is 4.79 Å². The molecule has 3 rings (SSSR count). The number of hydrogen-bond donors (Lipinski definition) is 1. The van der Waals surface area contributed by atoms with Crippen LogP contribution in [0.15, 0.2) is 24.5 Å². The lowest BCUT2D eigenvalue weighted by Gasteiger charge is -2.47. The number of urea groups is 1. The molecule has 0 aliphatic carbocycles. The smallest absolute Gasteiger partial charge is 0.317 e. The first-order valence-corrected chi connectivity index (χ1v) is 9.62. The second-order valence-corrected chi connectivity index (χ2v) is 8.71. The van der Waals surface area contributed by atoms with Crippen LogP contribution < -0.4 is 5.32 Å². The van der Waals surface area contributed by atoms with Crippen molar-refractivity contribution < 1.29 is 4.79 Å². The highest BCUT2D eigenvalue weighted by Crippen LogP contribution is 2.29. The lowest BCUT2D eigenvalue weighted by molar-refractivity contribution is 0.0437. The van der Waals surface area contributed by atoms with Gasteiger partial charge < -0.3 is 10.2 Å². The van der Waals surface area contributed by atoms with Crippen LogP contribution >= 0.6 is 0 Å². The van der Waals surface area contributed by atoms with Crippen LogP contribution in [0.4, 0.5) is 4.79 Å². The van der Waals surface area contributed by atoms with Crippen molar-refractivity contribution >= 4 is 6.03 Å². The summed E-state index contributed by atoms with van der Waals surface area (Å²) in [6.07, 6.45) is 8.50. The van der Waals surface area contributed by atoms with Crippen LogP contribution in [0.3, 0.4) is 0 Å². The number of carbonyl (C=O) groups excluding carboxylic acids is 1. The van der Waals surface area contributed by atoms with Crippen molar-refractivity contribution in [2.75, 3.05) is 26.2 Å². The molecule has 0 bridgehead atoms. The van der Waals surface area contributed by atoms with E-state index < -0.39 is 0 Å². The zero-order valence-corrected chi connectivity index (χ0v) is 15.9. The van der Waals surface area contributed by atoms with Crippen molar-refractivity contribution in [2.45, 2.75) is 58.5 Å². The van der Waals surface area contributed by atoms with E-state index in [4.69, 9.17) is 0 Å². The van der Waals surface area contributed by atoms with Crippen molar-refractivity contribution in [3.63, 3.8) is 0 Å². The third-order valence-corrected chi connectivity index (χ3v) is 5.26. The van der Waals surface area contributed by atoms with Gasteiger partial charge >= 0.3 is 6.03 Å². The molecule has 1 atom stereocenters. The summed E-state index contributed by atoms with van der Waals surface area (Å²) >= 11 is 0. The minimum atomic E-state index is 0.00948. The highest BCUT2D eigenvalue weighted by atomic mass is 16.2. The van der Waals surface area contributed by atoms with Crippen molar-refractivity contribution in [3.05, 3.63) is 30.1 Å². The maximum absolute atomic E-state index is 12.7. The molecule has 5 heteroatoms. The molecule has 0 saturated carbocycles. The lowest BCUT2D eigenvalue weighted by Crippen LogP contribution is -2.63. The fraction of sp³-hybridized carbons (Fsp3) is 0.700. The molecule has 3 heterocycles. The highest BCUT2D eigenvalue weighted by molar-refractivity contribution is 5.75. The van der Waals surface area contributed by atoms with Crippen LogP contribution in [0.2, 0.25) is 0 Å². The molecular weight excluding hydrogens is 312 g/mol. The van der Waals surface area contributed by atoms with Crippen molar-refractivity contribution in [1.29, 1.82) is 0 Å². The molecular formula is C20H32N4O. The summed E-state index contributed by atoms with van der Waals surface area (Å²) in [5.41, 5.74) is 1.22. The van der Waals surface area contributed by atoms with Crippen molar-refractivity contribution in [2.24, 2.45) is 5.41 Å². The number of hydrogen-bond acceptors (Lipinski definition) is 3. The van der Waals surface area contributed by atoms with Gasteiger partial charge in [0.25, 0.3) is 0 Å². The van der Waals surface area contributed by atoms with Gasteiger partial charge in [0.1, 0.15) is 0 Å². The first-order chi connectivity index (χ1) is 11.9. The molecule has 0 radical (unpaired) electrons. The van der Waals surface area contributed by atoms with E-state index in [1.54, 1.807) is 6.20 Å². The van der Waals surface area contributed by atoms with Crippen LogP contribution in [0.25, 0.3) is 0 Å². The molecule has 0 unspecified atom stereocenters. The molecule has 2 saturated heterocycles. The lowest BCUT2D eigenvalue weighted by atomic mass is 9.86. The summed E-state index contributed by atoms with van der Waals surface area (Å²) in [5, 5.41) is 3.24. The molecule has 2 amide bonds. The largest absolute Gasteiger partial charge is 0.331 e. The van der Waals surface area contributed by atoms with Crippen molar-refractivity contribution in [3.8, 4) is 0 Å². The van der Waals surface area contributed by atoms with Crippen LogP contribution in [-0.4, -0.2) is 53.0 Å². The van der Waals surface area contributed by atoms with E-state index in [-0.39, 0.29) is 17.5 Å². The number of carbonyl (C=O) groups is 1. The molecule has 1 aromatic heterocycles. The number of piperidine rings is 1. The van der Waals surface area contributed by atoms with E-state index >= 15 is 0 Å². The predicted molar refractivity (Wildman–Crippen MR) is 100 cm³/mol. The van der Waals surface area contributed by atoms with Gasteiger partial charge in [-0.15, -0.1) is 0 Å². The Kier molecular flexibility index (Phi) is 5.62. The fourth-order valence-corrected chi connectivity index (χ4v) is 3.82. The minimum absolute atomic E-state index is 0.00948. The number of aromatic nitrogens is 1. The summed E-state index contributed by atoms with van der Waals surface area (Å²) in [7, 11) is 0. The summed E-state index contributed by atoms with van der Waals surface area (Å²) in [6.45, 7) is 10.7. The molecule has 1 N–H and O–H groups in total. The van der Waals surface area contributed by atoms with Gasteiger partial charge in [-0.2, -0.15) is 0 Å². The third kappa shape index (κ3) is 4.94. The van der Waals surface area contributed by atoms with Crippen LogP contribution in [-0.2, 0) is 0 Å². The maximum atomic E-state index is 12.7. The first kappa shape index (κ1) is 18.2. The molecule has 2 fully saturated rings. The molecule has 2 aliphatic heterocycles. The summed E-state index contributed by atoms with van der Waals surface area (Å²) < 4.78 is 0. The van der Waals surface area contributed by atoms with E-state index in [0.29, 0.717) is 6.04 Å². The van der Waals surface area contributed by atoms with Crippen LogP contribution in [0, 0.1) is 5.41 Å². The molecule has 1 aromatic rings. The summed E-state index contributed by atoms with van der Waals surface area (Å²) in [4.78, 5) is 21.4. The Labute approximate surface area is 151 Å². The molecule has 5 nitrogen and oxygen atoms in total. The van der Waals surface area contributed by atoms with Crippen molar-refractivity contribution in [1.82, 2.24) is 20.1 Å². The Morgan fingerprint density at radius 3 is 2.60 bits per heavy atom. The molecule has 0 spiro atoms. The average Bonchev–Trinajstić information content (AvgIpc) is 2.53. The zero-order chi connectivity index (χ0) is 17.9. The number of nitrogens with one attached hydrogen (secondary N) is 1. The van der Waals surface area contributed by atoms with E-state index in [9.17, 15) is 4.79 Å². The quantitative estimate of drug-likeness (QED) is 0.910. The van der Waals surface area contributed by atoms with E-state index in [1.807, 2.05) is 17.2 Å². The standard InChI is InChI=1S/C20H32N4O/c1-20(2,3)12-18(16-8-7-9-21-13-16)22-19(25)24-14-17(15-24)23-10-5-4-6-11-23/h7-9,13,17-18H,4-6,10-12,14-15H2,1-3H3,(H,22,25)/t18-/m1/s1. The molecule has 2 aliphatic rings. The second-order valence-electron chi connectivity index (χ2n) is 8.71. The maximum Gasteiger partial charge on any atom is 0.317 e. The number of likely N-dealkylation sites (tertiary alicyclic amines) is 2. The van der Waals surface area contributed by atoms with E-state index in [0.717, 1.165) is 25.1 Å². The third-order valence-electron chi connectivity index (χ3n) is 5.26. The van der Waals surface area contributed by atoms with Gasteiger partial charge in [0.2, 0.25) is 0 Å². The van der Waals surface area contributed by atoms with E-state index in [1.165, 1.54) is 32.4 Å². The minimum Gasteiger partial charge on any atom is -0.331 e. The van der Waals surface area contributed by atoms with Gasteiger partial charge in [-0.3, -0.25) is 9.88 Å². The second kappa shape index (κ2) is 7.73. The molecule has 25 heavy (non-hydrogen) atoms. The number of pyridine rings is 1. The van der Waals surface area contributed by atoms with Crippen LogP contribution in [0.1, 0.15) is 58.1 Å². The predicted octanol–water partition coefficient (Wildman–Crippen LogP) is 3.44. The number of rotatable bonds is 4. The average molecular weight is 345 g/mol. The number of nitrogens with zero attached hydrogens (tertiary/aromatic N) is 3. The normalized spacial score (nSPS) is 20.8. The summed E-state index contributed by atoms with van der Waals surface area (Å²) in [5.74, 6) is 0. The Morgan fingerprint density at radius 2 is 2.00 bits per heavy atom. The van der Waals surface area contributed by atoms with Gasteiger partial charge in [-0.1, -0.05) is 33.3 Å². The zero-order valence-electron chi connectivity index (χ0n) is 15.9. The SMILES string of the molecule is CC(C)(C)C[C@@H](NC(=O)N1CC(N2CCCCC2)C1)c1cccnc1. The van der Waals surface area contributed by atoms with Gasteiger partial charge in [0.15, 0.2) is 0 Å².